The summed E-state index contributed by atoms with van der Waals surface area (Å²) >= 11 is 0. The van der Waals surface area contributed by atoms with Crippen molar-refractivity contribution in [2.45, 2.75) is 19.4 Å². The van der Waals surface area contributed by atoms with E-state index >= 15 is 0 Å². The lowest BCUT2D eigenvalue weighted by atomic mass is 10.1. The fraction of sp³-hybridized carbons (Fsp3) is 0.375. The number of aliphatic hydroxyl groups is 1. The molecule has 0 bridgehead atoms. The monoisotopic (exact) mass is 152 g/mol. The van der Waals surface area contributed by atoms with Gasteiger partial charge in [0.05, 0.1) is 6.10 Å². The normalized spacial score (nSPS) is 12.9. The molecule has 1 atom stereocenters. The highest BCUT2D eigenvalue weighted by Crippen LogP contribution is 2.14. The Balaban J connectivity index is 2.81. The molecule has 1 aromatic heterocycles. The van der Waals surface area contributed by atoms with Gasteiger partial charge in [0.15, 0.2) is 0 Å². The number of hydrogen-bond donors (Lipinski definition) is 2. The van der Waals surface area contributed by atoms with Crippen LogP contribution in [0.15, 0.2) is 18.3 Å². The van der Waals surface area contributed by atoms with Crippen LogP contribution in [-0.4, -0.2) is 10.1 Å². The molecule has 0 aliphatic heterocycles. The summed E-state index contributed by atoms with van der Waals surface area (Å²) in [4.78, 5) is 3.87. The molecule has 1 aromatic rings. The molecule has 11 heavy (non-hydrogen) atoms. The summed E-state index contributed by atoms with van der Waals surface area (Å²) < 4.78 is 0. The molecule has 1 rings (SSSR count). The molecule has 0 amide bonds. The number of rotatable bonds is 2. The van der Waals surface area contributed by atoms with Gasteiger partial charge in [0, 0.05) is 6.20 Å². The first-order valence-corrected chi connectivity index (χ1v) is 3.63. The molecule has 0 saturated heterocycles. The van der Waals surface area contributed by atoms with E-state index in [1.54, 1.807) is 18.3 Å². The van der Waals surface area contributed by atoms with Crippen LogP contribution in [0.1, 0.15) is 25.0 Å². The number of pyridine rings is 1. The number of aromatic nitrogens is 1. The van der Waals surface area contributed by atoms with Crippen LogP contribution in [0.3, 0.4) is 0 Å². The van der Waals surface area contributed by atoms with Crippen molar-refractivity contribution in [1.82, 2.24) is 4.98 Å². The van der Waals surface area contributed by atoms with Crippen molar-refractivity contribution in [3.8, 4) is 0 Å². The average Bonchev–Trinajstić information content (AvgIpc) is 2.05. The van der Waals surface area contributed by atoms with Crippen LogP contribution in [0, 0.1) is 0 Å². The summed E-state index contributed by atoms with van der Waals surface area (Å²) in [6.45, 7) is 1.92. The van der Waals surface area contributed by atoms with Crippen molar-refractivity contribution in [1.29, 1.82) is 0 Å². The molecule has 0 aliphatic carbocycles. The zero-order chi connectivity index (χ0) is 8.27. The van der Waals surface area contributed by atoms with Crippen molar-refractivity contribution in [3.05, 3.63) is 23.9 Å². The Bertz CT molecular complexity index is 220. The van der Waals surface area contributed by atoms with E-state index in [0.29, 0.717) is 12.2 Å². The Morgan fingerprint density at radius 3 is 2.82 bits per heavy atom. The second-order valence-corrected chi connectivity index (χ2v) is 2.44. The van der Waals surface area contributed by atoms with Crippen molar-refractivity contribution < 1.29 is 5.11 Å². The molecule has 0 unspecified atom stereocenters. The SMILES string of the molecule is CC[C@@H](O)c1ccc(N)nc1. The van der Waals surface area contributed by atoms with Gasteiger partial charge in [-0.1, -0.05) is 13.0 Å². The fourth-order valence-corrected chi connectivity index (χ4v) is 0.850. The molecule has 0 aliphatic rings. The van der Waals surface area contributed by atoms with Crippen molar-refractivity contribution in [2.24, 2.45) is 0 Å². The van der Waals surface area contributed by atoms with E-state index in [1.807, 2.05) is 6.92 Å². The molecule has 60 valence electrons. The Morgan fingerprint density at radius 2 is 2.36 bits per heavy atom. The zero-order valence-electron chi connectivity index (χ0n) is 6.49. The second-order valence-electron chi connectivity index (χ2n) is 2.44. The van der Waals surface area contributed by atoms with Gasteiger partial charge >= 0.3 is 0 Å². The van der Waals surface area contributed by atoms with Gasteiger partial charge in [-0.25, -0.2) is 4.98 Å². The Hall–Kier alpha value is -1.09. The predicted octanol–water partition coefficient (Wildman–Crippen LogP) is 1.11. The molecule has 0 radical (unpaired) electrons. The molecular formula is C8H12N2O. The number of aliphatic hydroxyl groups excluding tert-OH is 1. The number of nitrogen functional groups attached to an aromatic ring is 1. The maximum absolute atomic E-state index is 9.34. The van der Waals surface area contributed by atoms with Crippen LogP contribution in [-0.2, 0) is 0 Å². The largest absolute Gasteiger partial charge is 0.388 e. The van der Waals surface area contributed by atoms with E-state index < -0.39 is 6.10 Å². The first-order chi connectivity index (χ1) is 5.24. The third kappa shape index (κ3) is 1.91. The van der Waals surface area contributed by atoms with E-state index in [9.17, 15) is 5.11 Å². The smallest absolute Gasteiger partial charge is 0.123 e. The summed E-state index contributed by atoms with van der Waals surface area (Å²) in [6, 6.07) is 3.48. The van der Waals surface area contributed by atoms with E-state index in [-0.39, 0.29) is 0 Å². The Labute approximate surface area is 65.9 Å². The molecule has 3 nitrogen and oxygen atoms in total. The zero-order valence-corrected chi connectivity index (χ0v) is 6.49. The van der Waals surface area contributed by atoms with Gasteiger partial charge in [0.25, 0.3) is 0 Å². The summed E-state index contributed by atoms with van der Waals surface area (Å²) in [5, 5.41) is 9.34. The van der Waals surface area contributed by atoms with Crippen LogP contribution < -0.4 is 5.73 Å². The molecular weight excluding hydrogens is 140 g/mol. The topological polar surface area (TPSA) is 59.1 Å². The van der Waals surface area contributed by atoms with E-state index in [0.717, 1.165) is 5.56 Å². The second kappa shape index (κ2) is 3.34. The highest BCUT2D eigenvalue weighted by molar-refractivity contribution is 5.29. The number of nitrogens with zero attached hydrogens (tertiary/aromatic N) is 1. The number of nitrogens with two attached hydrogens (primary N) is 1. The lowest BCUT2D eigenvalue weighted by Crippen LogP contribution is -1.97. The molecule has 0 fully saturated rings. The van der Waals surface area contributed by atoms with Gasteiger partial charge in [0.2, 0.25) is 0 Å². The summed E-state index contributed by atoms with van der Waals surface area (Å²) in [6.07, 6.45) is 1.89. The molecule has 0 saturated carbocycles. The first kappa shape index (κ1) is 8.01. The predicted molar refractivity (Wildman–Crippen MR) is 43.9 cm³/mol. The maximum Gasteiger partial charge on any atom is 0.123 e. The van der Waals surface area contributed by atoms with E-state index in [4.69, 9.17) is 5.73 Å². The molecule has 0 aromatic carbocycles. The highest BCUT2D eigenvalue weighted by Gasteiger charge is 2.03. The molecule has 1 heterocycles. The van der Waals surface area contributed by atoms with Gasteiger partial charge in [-0.05, 0) is 18.1 Å². The standard InChI is InChI=1S/C8H12N2O/c1-2-7(11)6-3-4-8(9)10-5-6/h3-5,7,11H,2H2,1H3,(H2,9,10)/t7-/m1/s1. The van der Waals surface area contributed by atoms with Crippen LogP contribution in [0.2, 0.25) is 0 Å². The minimum absolute atomic E-state index is 0.414. The molecule has 3 N–H and O–H groups in total. The Kier molecular flexibility index (Phi) is 2.44. The summed E-state index contributed by atoms with van der Waals surface area (Å²) in [5.41, 5.74) is 6.20. The Morgan fingerprint density at radius 1 is 1.64 bits per heavy atom. The van der Waals surface area contributed by atoms with Crippen LogP contribution in [0.25, 0.3) is 0 Å². The van der Waals surface area contributed by atoms with Crippen LogP contribution in [0.5, 0.6) is 0 Å². The lowest BCUT2D eigenvalue weighted by molar-refractivity contribution is 0.173. The lowest BCUT2D eigenvalue weighted by Gasteiger charge is -2.06. The quantitative estimate of drug-likeness (QED) is 0.667. The minimum atomic E-state index is -0.414. The minimum Gasteiger partial charge on any atom is -0.388 e. The van der Waals surface area contributed by atoms with Crippen LogP contribution >= 0.6 is 0 Å². The summed E-state index contributed by atoms with van der Waals surface area (Å²) in [7, 11) is 0. The van der Waals surface area contributed by atoms with Crippen LogP contribution in [0.4, 0.5) is 5.82 Å². The molecule has 0 spiro atoms. The third-order valence-corrected chi connectivity index (χ3v) is 1.58. The molecule has 3 heteroatoms. The van der Waals surface area contributed by atoms with Gasteiger partial charge in [-0.2, -0.15) is 0 Å². The van der Waals surface area contributed by atoms with Crippen molar-refractivity contribution in [3.63, 3.8) is 0 Å². The van der Waals surface area contributed by atoms with E-state index in [1.165, 1.54) is 0 Å². The summed E-state index contributed by atoms with van der Waals surface area (Å²) in [5.74, 6) is 0.483. The number of hydrogen-bond acceptors (Lipinski definition) is 3. The number of anilines is 1. The maximum atomic E-state index is 9.34. The van der Waals surface area contributed by atoms with Crippen molar-refractivity contribution in [2.75, 3.05) is 5.73 Å². The first-order valence-electron chi connectivity index (χ1n) is 3.63. The van der Waals surface area contributed by atoms with Crippen molar-refractivity contribution >= 4 is 5.82 Å². The van der Waals surface area contributed by atoms with Gasteiger partial charge < -0.3 is 10.8 Å². The fourth-order valence-electron chi connectivity index (χ4n) is 0.850. The van der Waals surface area contributed by atoms with Gasteiger partial charge in [0.1, 0.15) is 5.82 Å². The highest BCUT2D eigenvalue weighted by atomic mass is 16.3. The third-order valence-electron chi connectivity index (χ3n) is 1.58. The van der Waals surface area contributed by atoms with Gasteiger partial charge in [-0.15, -0.1) is 0 Å². The van der Waals surface area contributed by atoms with Gasteiger partial charge in [-0.3, -0.25) is 0 Å². The van der Waals surface area contributed by atoms with E-state index in [2.05, 4.69) is 4.98 Å². The average molecular weight is 152 g/mol.